The molecule has 1 atom stereocenters. The number of hydrogen-bond donors (Lipinski definition) is 2. The van der Waals surface area contributed by atoms with E-state index in [0.717, 1.165) is 34.7 Å². The Bertz CT molecular complexity index is 756. The summed E-state index contributed by atoms with van der Waals surface area (Å²) in [6.45, 7) is 7.49. The fourth-order valence-corrected chi connectivity index (χ4v) is 2.95. The van der Waals surface area contributed by atoms with Crippen LogP contribution in [0.15, 0.2) is 42.5 Å². The molecule has 0 radical (unpaired) electrons. The molecule has 0 saturated heterocycles. The monoisotopic (exact) mass is 354 g/mol. The van der Waals surface area contributed by atoms with E-state index in [2.05, 4.69) is 24.5 Å². The van der Waals surface area contributed by atoms with Crippen LogP contribution < -0.4 is 20.1 Å². The van der Waals surface area contributed by atoms with E-state index in [9.17, 15) is 4.79 Å². The fraction of sp³-hybridized carbons (Fsp3) is 0.381. The summed E-state index contributed by atoms with van der Waals surface area (Å²) in [6, 6.07) is 13.3. The molecule has 2 aromatic rings. The molecule has 2 aromatic carbocycles. The minimum atomic E-state index is -0.223. The number of carbonyl (C=O) groups is 1. The van der Waals surface area contributed by atoms with Gasteiger partial charge in [-0.1, -0.05) is 37.6 Å². The van der Waals surface area contributed by atoms with Crippen molar-refractivity contribution in [2.24, 2.45) is 5.92 Å². The van der Waals surface area contributed by atoms with Gasteiger partial charge >= 0.3 is 6.03 Å². The Morgan fingerprint density at radius 1 is 1.00 bits per heavy atom. The van der Waals surface area contributed by atoms with Crippen LogP contribution in [0.5, 0.6) is 11.5 Å². The van der Waals surface area contributed by atoms with E-state index in [-0.39, 0.29) is 18.0 Å². The van der Waals surface area contributed by atoms with Gasteiger partial charge in [-0.3, -0.25) is 0 Å². The average Bonchev–Trinajstić information content (AvgIpc) is 2.86. The van der Waals surface area contributed by atoms with Gasteiger partial charge in [0, 0.05) is 12.1 Å². The number of rotatable bonds is 4. The lowest BCUT2D eigenvalue weighted by atomic mass is 9.96. The highest BCUT2D eigenvalue weighted by molar-refractivity contribution is 5.89. The molecule has 1 aliphatic rings. The van der Waals surface area contributed by atoms with Crippen LogP contribution in [0.25, 0.3) is 0 Å². The van der Waals surface area contributed by atoms with Crippen LogP contribution >= 0.6 is 0 Å². The van der Waals surface area contributed by atoms with Crippen LogP contribution in [0.2, 0.25) is 0 Å². The third-order valence-corrected chi connectivity index (χ3v) is 4.39. The van der Waals surface area contributed by atoms with Gasteiger partial charge in [0.25, 0.3) is 0 Å². The largest absolute Gasteiger partial charge is 0.490 e. The van der Waals surface area contributed by atoms with E-state index in [1.54, 1.807) is 0 Å². The molecule has 3 rings (SSSR count). The van der Waals surface area contributed by atoms with Crippen LogP contribution in [0.3, 0.4) is 0 Å². The number of amides is 2. The molecule has 0 aromatic heterocycles. The first-order valence-electron chi connectivity index (χ1n) is 9.06. The maximum Gasteiger partial charge on any atom is 0.319 e. The van der Waals surface area contributed by atoms with E-state index in [1.165, 1.54) is 0 Å². The zero-order valence-corrected chi connectivity index (χ0v) is 15.5. The molecule has 2 N–H and O–H groups in total. The molecule has 2 amide bonds. The van der Waals surface area contributed by atoms with Gasteiger partial charge in [-0.05, 0) is 42.7 Å². The van der Waals surface area contributed by atoms with Gasteiger partial charge in [0.15, 0.2) is 11.5 Å². The van der Waals surface area contributed by atoms with E-state index in [1.807, 2.05) is 49.4 Å². The average molecular weight is 354 g/mol. The molecule has 0 aliphatic carbocycles. The van der Waals surface area contributed by atoms with Crippen LogP contribution in [0.1, 0.15) is 37.4 Å². The molecule has 5 nitrogen and oxygen atoms in total. The molecule has 1 aliphatic heterocycles. The normalized spacial score (nSPS) is 14.5. The minimum absolute atomic E-state index is 0.127. The first-order chi connectivity index (χ1) is 12.5. The predicted octanol–water partition coefficient (Wildman–Crippen LogP) is 4.68. The van der Waals surface area contributed by atoms with Crippen molar-refractivity contribution in [3.63, 3.8) is 0 Å². The number of anilines is 1. The molecular weight excluding hydrogens is 328 g/mol. The summed E-state index contributed by atoms with van der Waals surface area (Å²) in [6.07, 6.45) is 0.870. The van der Waals surface area contributed by atoms with E-state index < -0.39 is 0 Å². The third kappa shape index (κ3) is 4.48. The Morgan fingerprint density at radius 2 is 1.69 bits per heavy atom. The Kier molecular flexibility index (Phi) is 5.66. The van der Waals surface area contributed by atoms with Crippen molar-refractivity contribution in [3.8, 4) is 11.5 Å². The van der Waals surface area contributed by atoms with Gasteiger partial charge in [-0.15, -0.1) is 0 Å². The van der Waals surface area contributed by atoms with Gasteiger partial charge in [-0.2, -0.15) is 0 Å². The Hall–Kier alpha value is -2.69. The molecule has 0 saturated carbocycles. The van der Waals surface area contributed by atoms with Crippen molar-refractivity contribution < 1.29 is 14.3 Å². The number of nitrogens with one attached hydrogen (secondary N) is 2. The summed E-state index contributed by atoms with van der Waals surface area (Å²) in [5.41, 5.74) is 2.93. The number of ether oxygens (including phenoxy) is 2. The molecule has 0 fully saturated rings. The summed E-state index contributed by atoms with van der Waals surface area (Å²) in [4.78, 5) is 12.5. The lowest BCUT2D eigenvalue weighted by Gasteiger charge is -2.24. The highest BCUT2D eigenvalue weighted by Gasteiger charge is 2.21. The van der Waals surface area contributed by atoms with Gasteiger partial charge in [0.2, 0.25) is 0 Å². The minimum Gasteiger partial charge on any atom is -0.490 e. The molecule has 0 bridgehead atoms. The van der Waals surface area contributed by atoms with Crippen LogP contribution in [0, 0.1) is 12.8 Å². The standard InChI is InChI=1S/C21H26N2O3/c1-14(2)20(23-21(24)22-17-8-5-15(3)6-9-17)16-7-10-18-19(13-16)26-12-4-11-25-18/h5-10,13-14,20H,4,11-12H2,1-3H3,(H2,22,23,24)/t20-/m0/s1. The lowest BCUT2D eigenvalue weighted by molar-refractivity contribution is 0.244. The Labute approximate surface area is 154 Å². The van der Waals surface area contributed by atoms with Crippen molar-refractivity contribution in [3.05, 3.63) is 53.6 Å². The lowest BCUT2D eigenvalue weighted by Crippen LogP contribution is -2.35. The summed E-state index contributed by atoms with van der Waals surface area (Å²) >= 11 is 0. The van der Waals surface area contributed by atoms with Gasteiger partial charge in [0.1, 0.15) is 0 Å². The second-order valence-electron chi connectivity index (χ2n) is 6.94. The number of carbonyl (C=O) groups excluding carboxylic acids is 1. The number of urea groups is 1. The first-order valence-corrected chi connectivity index (χ1v) is 9.06. The van der Waals surface area contributed by atoms with Crippen molar-refractivity contribution in [1.82, 2.24) is 5.32 Å². The molecule has 1 heterocycles. The van der Waals surface area contributed by atoms with E-state index >= 15 is 0 Å². The molecular formula is C21H26N2O3. The van der Waals surface area contributed by atoms with Crippen LogP contribution in [0.4, 0.5) is 10.5 Å². The van der Waals surface area contributed by atoms with Crippen LogP contribution in [-0.4, -0.2) is 19.2 Å². The number of hydrogen-bond acceptors (Lipinski definition) is 3. The first kappa shape index (κ1) is 18.1. The molecule has 5 heteroatoms. The summed E-state index contributed by atoms with van der Waals surface area (Å²) in [5, 5.41) is 5.96. The highest BCUT2D eigenvalue weighted by Crippen LogP contribution is 2.34. The molecule has 0 spiro atoms. The predicted molar refractivity (Wildman–Crippen MR) is 103 cm³/mol. The quantitative estimate of drug-likeness (QED) is 0.838. The maximum atomic E-state index is 12.5. The van der Waals surface area contributed by atoms with Gasteiger partial charge in [0.05, 0.1) is 19.3 Å². The maximum absolute atomic E-state index is 12.5. The highest BCUT2D eigenvalue weighted by atomic mass is 16.5. The molecule has 138 valence electrons. The van der Waals surface area contributed by atoms with Crippen molar-refractivity contribution in [2.75, 3.05) is 18.5 Å². The summed E-state index contributed by atoms with van der Waals surface area (Å²) < 4.78 is 11.5. The summed E-state index contributed by atoms with van der Waals surface area (Å²) in [5.74, 6) is 1.73. The molecule has 0 unspecified atom stereocenters. The van der Waals surface area contributed by atoms with Crippen molar-refractivity contribution in [1.29, 1.82) is 0 Å². The van der Waals surface area contributed by atoms with Crippen molar-refractivity contribution >= 4 is 11.7 Å². The Morgan fingerprint density at radius 3 is 2.38 bits per heavy atom. The van der Waals surface area contributed by atoms with Crippen molar-refractivity contribution in [2.45, 2.75) is 33.2 Å². The number of fused-ring (bicyclic) bond motifs is 1. The topological polar surface area (TPSA) is 59.6 Å². The van der Waals surface area contributed by atoms with Crippen LogP contribution in [-0.2, 0) is 0 Å². The van der Waals surface area contributed by atoms with E-state index in [4.69, 9.17) is 9.47 Å². The second kappa shape index (κ2) is 8.13. The third-order valence-electron chi connectivity index (χ3n) is 4.39. The number of aryl methyl sites for hydroxylation is 1. The van der Waals surface area contributed by atoms with Gasteiger partial charge in [-0.25, -0.2) is 4.79 Å². The fourth-order valence-electron chi connectivity index (χ4n) is 2.95. The van der Waals surface area contributed by atoms with Gasteiger partial charge < -0.3 is 20.1 Å². The second-order valence-corrected chi connectivity index (χ2v) is 6.94. The smallest absolute Gasteiger partial charge is 0.319 e. The molecule has 26 heavy (non-hydrogen) atoms. The van der Waals surface area contributed by atoms with E-state index in [0.29, 0.717) is 13.2 Å². The Balaban J connectivity index is 1.73. The number of benzene rings is 2. The zero-order valence-electron chi connectivity index (χ0n) is 15.5. The SMILES string of the molecule is Cc1ccc(NC(=O)N[C@H](c2ccc3c(c2)OCCCO3)C(C)C)cc1. The zero-order chi connectivity index (χ0) is 18.5. The summed E-state index contributed by atoms with van der Waals surface area (Å²) in [7, 11) is 0.